The summed E-state index contributed by atoms with van der Waals surface area (Å²) in [6, 6.07) is 0. The third-order valence-electron chi connectivity index (χ3n) is 17.2. The van der Waals surface area contributed by atoms with Crippen molar-refractivity contribution in [2.45, 2.75) is 259 Å². The number of ether oxygens (including phenoxy) is 2. The van der Waals surface area contributed by atoms with E-state index in [1.165, 1.54) is 133 Å². The summed E-state index contributed by atoms with van der Waals surface area (Å²) in [5.41, 5.74) is 3.96. The first-order chi connectivity index (χ1) is 32.3. The van der Waals surface area contributed by atoms with E-state index in [2.05, 4.69) is 84.2 Å². The van der Waals surface area contributed by atoms with Gasteiger partial charge < -0.3 is 19.3 Å². The molecule has 7 heteroatoms. The molecule has 4 aliphatic rings. The Hall–Kier alpha value is -1.73. The Morgan fingerprint density at radius 1 is 0.701 bits per heavy atom. The van der Waals surface area contributed by atoms with Crippen LogP contribution in [0.1, 0.15) is 247 Å². The molecule has 1 amide bonds. The highest BCUT2D eigenvalue weighted by Crippen LogP contribution is 2.66. The van der Waals surface area contributed by atoms with Crippen molar-refractivity contribution in [3.05, 3.63) is 35.6 Å². The summed E-state index contributed by atoms with van der Waals surface area (Å²) in [5.74, 6) is 4.84. The Morgan fingerprint density at radius 3 is 1.93 bits per heavy atom. The lowest BCUT2D eigenvalue weighted by molar-refractivity contribution is -0.151. The number of hydrogen-bond acceptors (Lipinski definition) is 6. The van der Waals surface area contributed by atoms with E-state index in [1.807, 2.05) is 0 Å². The highest BCUT2D eigenvalue weighted by atomic mass is 32.2. The van der Waals surface area contributed by atoms with Gasteiger partial charge in [-0.15, -0.1) is 0 Å². The highest BCUT2D eigenvalue weighted by molar-refractivity contribution is 8.13. The minimum Gasteiger partial charge on any atom is -0.495 e. The van der Waals surface area contributed by atoms with Gasteiger partial charge in [-0.1, -0.05) is 173 Å². The van der Waals surface area contributed by atoms with Crippen molar-refractivity contribution < 1.29 is 19.1 Å². The number of esters is 1. The Balaban J connectivity index is 1.13. The van der Waals surface area contributed by atoms with E-state index >= 15 is 0 Å². The van der Waals surface area contributed by atoms with E-state index in [0.29, 0.717) is 23.9 Å². The third kappa shape index (κ3) is 19.4. The number of amides is 1. The minimum absolute atomic E-state index is 0.0150. The molecule has 0 bridgehead atoms. The first kappa shape index (κ1) is 57.8. The lowest BCUT2D eigenvalue weighted by Gasteiger charge is -2.55. The number of rotatable bonds is 36. The van der Waals surface area contributed by atoms with Gasteiger partial charge in [-0.05, 0) is 151 Å². The molecule has 0 aromatic heterocycles. The van der Waals surface area contributed by atoms with Gasteiger partial charge in [-0.3, -0.25) is 9.59 Å². The fourth-order valence-electron chi connectivity index (χ4n) is 13.1. The number of carbonyl (C=O) groups is 2. The molecule has 0 radical (unpaired) electrons. The van der Waals surface area contributed by atoms with Crippen LogP contribution in [0.25, 0.3) is 0 Å². The lowest BCUT2D eigenvalue weighted by atomic mass is 9.50. The number of thioether (sulfide) groups is 1. The van der Waals surface area contributed by atoms with Crippen molar-refractivity contribution in [3.63, 3.8) is 0 Å². The normalized spacial score (nSPS) is 24.6. The van der Waals surface area contributed by atoms with Gasteiger partial charge in [0.15, 0.2) is 0 Å². The quantitative estimate of drug-likeness (QED) is 0.0354. The summed E-state index contributed by atoms with van der Waals surface area (Å²) in [6.45, 7) is 21.6. The molecule has 0 heterocycles. The van der Waals surface area contributed by atoms with Gasteiger partial charge >= 0.3 is 5.97 Å². The van der Waals surface area contributed by atoms with E-state index < -0.39 is 0 Å². The van der Waals surface area contributed by atoms with Gasteiger partial charge in [0.1, 0.15) is 6.10 Å². The monoisotopic (exact) mass is 951 g/mol. The molecule has 3 fully saturated rings. The third-order valence-corrected chi connectivity index (χ3v) is 18.2. The van der Waals surface area contributed by atoms with E-state index in [1.54, 1.807) is 5.57 Å². The smallest absolute Gasteiger partial charge is 0.306 e. The van der Waals surface area contributed by atoms with Crippen molar-refractivity contribution in [1.29, 1.82) is 0 Å². The van der Waals surface area contributed by atoms with Crippen molar-refractivity contribution >= 4 is 23.0 Å². The Kier molecular flexibility index (Phi) is 27.3. The molecule has 0 N–H and O–H groups in total. The largest absolute Gasteiger partial charge is 0.495 e. The van der Waals surface area contributed by atoms with Crippen LogP contribution in [-0.4, -0.2) is 72.7 Å². The van der Waals surface area contributed by atoms with Gasteiger partial charge in [0, 0.05) is 38.1 Å². The van der Waals surface area contributed by atoms with Gasteiger partial charge in [0.05, 0.1) is 11.9 Å². The Labute approximate surface area is 418 Å². The highest BCUT2D eigenvalue weighted by Gasteiger charge is 2.56. The van der Waals surface area contributed by atoms with E-state index in [4.69, 9.17) is 9.47 Å². The van der Waals surface area contributed by atoms with Crippen LogP contribution in [0.5, 0.6) is 0 Å². The molecule has 6 unspecified atom stereocenters. The fourth-order valence-corrected chi connectivity index (χ4v) is 14.0. The Bertz CT molecular complexity index is 1470. The van der Waals surface area contributed by atoms with Crippen LogP contribution >= 0.6 is 11.8 Å². The second-order valence-electron chi connectivity index (χ2n) is 23.2. The van der Waals surface area contributed by atoms with Crippen molar-refractivity contribution in [1.82, 2.24) is 9.80 Å². The summed E-state index contributed by atoms with van der Waals surface area (Å²) < 4.78 is 12.7. The van der Waals surface area contributed by atoms with Crippen LogP contribution in [0.3, 0.4) is 0 Å². The maximum atomic E-state index is 13.4. The molecule has 6 atom stereocenters. The predicted molar refractivity (Wildman–Crippen MR) is 289 cm³/mol. The van der Waals surface area contributed by atoms with Gasteiger partial charge in [0.2, 0.25) is 0 Å². The van der Waals surface area contributed by atoms with Gasteiger partial charge in [-0.2, -0.15) is 0 Å². The standard InChI is InChI=1S/C60H106N2O4S/c1-10-12-14-16-18-25-32-51(33-26-19-17-15-13-11-2)65-49(5)31-24-20-22-28-44-62(58(64)67-46-30-43-61(8)9)45-29-23-21-27-34-57(63)66-52-39-41-59(6)50(47-52)35-36-53-55-38-37-54(48(3)4)60(55,7)42-40-56(53)59/h35-36,48,51-52,54-56H,5,10-34,37-47H2,1-4,6-9H3. The molecule has 0 aliphatic heterocycles. The molecule has 4 aliphatic carbocycles. The van der Waals surface area contributed by atoms with Crippen LogP contribution in [0.15, 0.2) is 35.6 Å². The summed E-state index contributed by atoms with van der Waals surface area (Å²) in [4.78, 5) is 30.9. The molecule has 67 heavy (non-hydrogen) atoms. The number of hydrogen-bond donors (Lipinski definition) is 0. The summed E-state index contributed by atoms with van der Waals surface area (Å²) in [7, 11) is 4.19. The number of allylic oxidation sites excluding steroid dienone is 4. The number of nitrogens with zero attached hydrogens (tertiary/aromatic N) is 2. The molecular weight excluding hydrogens is 845 g/mol. The molecule has 6 nitrogen and oxygen atoms in total. The predicted octanol–water partition coefficient (Wildman–Crippen LogP) is 17.5. The van der Waals surface area contributed by atoms with Crippen LogP contribution < -0.4 is 0 Å². The maximum absolute atomic E-state index is 13.4. The number of fused-ring (bicyclic) bond motifs is 5. The average Bonchev–Trinajstić information content (AvgIpc) is 3.66. The van der Waals surface area contributed by atoms with E-state index in [0.717, 1.165) is 132 Å². The van der Waals surface area contributed by atoms with Crippen LogP contribution in [-0.2, 0) is 14.3 Å². The zero-order valence-corrected chi connectivity index (χ0v) is 46.0. The summed E-state index contributed by atoms with van der Waals surface area (Å²) in [6.07, 6.45) is 42.8. The zero-order chi connectivity index (χ0) is 48.5. The average molecular weight is 952 g/mol. The summed E-state index contributed by atoms with van der Waals surface area (Å²) in [5, 5.41) is 0.231. The lowest BCUT2D eigenvalue weighted by Crippen LogP contribution is -2.46. The summed E-state index contributed by atoms with van der Waals surface area (Å²) >= 11 is 1.49. The molecule has 0 aromatic carbocycles. The van der Waals surface area contributed by atoms with E-state index in [-0.39, 0.29) is 22.7 Å². The van der Waals surface area contributed by atoms with Crippen LogP contribution in [0.2, 0.25) is 0 Å². The molecule has 3 saturated carbocycles. The zero-order valence-electron chi connectivity index (χ0n) is 45.2. The number of unbranched alkanes of at least 4 members (excludes halogenated alkanes) is 16. The molecule has 4 rings (SSSR count). The van der Waals surface area contributed by atoms with Crippen LogP contribution in [0.4, 0.5) is 4.79 Å². The molecule has 0 aromatic rings. The fraction of sp³-hybridized carbons (Fsp3) is 0.867. The van der Waals surface area contributed by atoms with E-state index in [9.17, 15) is 9.59 Å². The first-order valence-corrected chi connectivity index (χ1v) is 29.8. The minimum atomic E-state index is -0.0254. The van der Waals surface area contributed by atoms with Crippen molar-refractivity contribution in [2.75, 3.05) is 39.5 Å². The van der Waals surface area contributed by atoms with Gasteiger partial charge in [0.25, 0.3) is 5.24 Å². The SMILES string of the molecule is C=C(CCCCCCN(CCCCCCC(=O)OC1CCC2(C)C(=CC=C3C2CCC2(C)C3CCC2C(C)C)C1)C(=O)SCCCN(C)C)OC(CCCCCCCC)CCCCCCCC. The van der Waals surface area contributed by atoms with Crippen molar-refractivity contribution in [2.24, 2.45) is 34.5 Å². The molecular formula is C60H106N2O4S. The Morgan fingerprint density at radius 2 is 1.30 bits per heavy atom. The van der Waals surface area contributed by atoms with Gasteiger partial charge in [-0.25, -0.2) is 0 Å². The molecule has 0 saturated heterocycles. The maximum Gasteiger partial charge on any atom is 0.306 e. The second kappa shape index (κ2) is 31.6. The topological polar surface area (TPSA) is 59.1 Å². The second-order valence-corrected chi connectivity index (χ2v) is 24.2. The van der Waals surface area contributed by atoms with Crippen LogP contribution in [0, 0.1) is 34.5 Å². The molecule has 386 valence electrons. The number of carbonyl (C=O) groups excluding carboxylic acids is 2. The van der Waals surface area contributed by atoms with Crippen molar-refractivity contribution in [3.8, 4) is 0 Å². The molecule has 0 spiro atoms. The first-order valence-electron chi connectivity index (χ1n) is 28.8.